The van der Waals surface area contributed by atoms with E-state index < -0.39 is 41.6 Å². The molecule has 4 amide bonds. The number of halogens is 2. The molecule has 2 fully saturated rings. The first-order valence-corrected chi connectivity index (χ1v) is 10.1. The zero-order valence-electron chi connectivity index (χ0n) is 17.2. The number of carbonyl (C=O) groups is 3. The van der Waals surface area contributed by atoms with Crippen LogP contribution in [0.25, 0.3) is 0 Å². The van der Waals surface area contributed by atoms with Crippen LogP contribution in [0.3, 0.4) is 0 Å². The van der Waals surface area contributed by atoms with Gasteiger partial charge in [-0.05, 0) is 56.4 Å². The molecule has 0 radical (unpaired) electrons. The molecule has 1 saturated heterocycles. The SMILES string of the molecule is Cc1ccc(C(NC(=O)CN2C(=O)NC(C)(c3cc(F)ccc3F)C2=O)C2CC2)cc1. The van der Waals surface area contributed by atoms with Crippen molar-refractivity contribution >= 4 is 17.8 Å². The quantitative estimate of drug-likeness (QED) is 0.695. The number of aryl methyl sites for hydroxylation is 1. The number of hydrogen-bond acceptors (Lipinski definition) is 3. The van der Waals surface area contributed by atoms with Gasteiger partial charge in [0.25, 0.3) is 5.91 Å². The second-order valence-electron chi connectivity index (χ2n) is 8.36. The van der Waals surface area contributed by atoms with Crippen LogP contribution >= 0.6 is 0 Å². The van der Waals surface area contributed by atoms with E-state index in [9.17, 15) is 23.2 Å². The second-order valence-corrected chi connectivity index (χ2v) is 8.36. The fourth-order valence-corrected chi connectivity index (χ4v) is 3.94. The molecule has 2 N–H and O–H groups in total. The first kappa shape index (κ1) is 21.0. The molecule has 8 heteroatoms. The molecule has 1 aliphatic carbocycles. The number of nitrogens with zero attached hydrogens (tertiary/aromatic N) is 1. The molecule has 1 saturated carbocycles. The molecule has 0 spiro atoms. The lowest BCUT2D eigenvalue weighted by molar-refractivity contribution is -0.135. The van der Waals surface area contributed by atoms with Crippen molar-refractivity contribution in [2.24, 2.45) is 5.92 Å². The monoisotopic (exact) mass is 427 g/mol. The van der Waals surface area contributed by atoms with Crippen molar-refractivity contribution in [1.29, 1.82) is 0 Å². The fourth-order valence-electron chi connectivity index (χ4n) is 3.94. The Kier molecular flexibility index (Phi) is 5.24. The molecule has 0 aromatic heterocycles. The Labute approximate surface area is 178 Å². The summed E-state index contributed by atoms with van der Waals surface area (Å²) in [6.45, 7) is 2.76. The molecule has 2 unspecified atom stereocenters. The summed E-state index contributed by atoms with van der Waals surface area (Å²) in [6.07, 6.45) is 1.97. The van der Waals surface area contributed by atoms with Gasteiger partial charge in [0, 0.05) is 5.56 Å². The molecule has 2 aromatic rings. The van der Waals surface area contributed by atoms with Crippen molar-refractivity contribution in [3.8, 4) is 0 Å². The summed E-state index contributed by atoms with van der Waals surface area (Å²) in [6, 6.07) is 9.50. The van der Waals surface area contributed by atoms with Crippen LogP contribution in [0.5, 0.6) is 0 Å². The Morgan fingerprint density at radius 1 is 1.19 bits per heavy atom. The molecular formula is C23H23F2N3O3. The van der Waals surface area contributed by atoms with E-state index in [1.165, 1.54) is 6.92 Å². The van der Waals surface area contributed by atoms with E-state index in [0.717, 1.165) is 47.1 Å². The lowest BCUT2D eigenvalue weighted by Gasteiger charge is -2.23. The molecule has 162 valence electrons. The second kappa shape index (κ2) is 7.76. The van der Waals surface area contributed by atoms with E-state index in [1.807, 2.05) is 31.2 Å². The first-order valence-electron chi connectivity index (χ1n) is 10.1. The van der Waals surface area contributed by atoms with E-state index in [1.54, 1.807) is 0 Å². The zero-order chi connectivity index (χ0) is 22.3. The van der Waals surface area contributed by atoms with Crippen LogP contribution in [-0.4, -0.2) is 29.3 Å². The predicted octanol–water partition coefficient (Wildman–Crippen LogP) is 3.31. The van der Waals surface area contributed by atoms with Gasteiger partial charge in [0.05, 0.1) is 6.04 Å². The lowest BCUT2D eigenvalue weighted by Crippen LogP contribution is -2.44. The lowest BCUT2D eigenvalue weighted by atomic mass is 9.91. The maximum absolute atomic E-state index is 14.3. The average molecular weight is 427 g/mol. The van der Waals surface area contributed by atoms with Gasteiger partial charge >= 0.3 is 6.03 Å². The zero-order valence-corrected chi connectivity index (χ0v) is 17.2. The third-order valence-electron chi connectivity index (χ3n) is 5.89. The number of carbonyl (C=O) groups excluding carboxylic acids is 3. The average Bonchev–Trinajstić information content (AvgIpc) is 3.54. The van der Waals surface area contributed by atoms with Gasteiger partial charge < -0.3 is 10.6 Å². The van der Waals surface area contributed by atoms with Gasteiger partial charge in [0.2, 0.25) is 5.91 Å². The normalized spacial score (nSPS) is 21.7. The van der Waals surface area contributed by atoms with Crippen molar-refractivity contribution in [1.82, 2.24) is 15.5 Å². The van der Waals surface area contributed by atoms with E-state index in [0.29, 0.717) is 5.92 Å². The number of imide groups is 1. The Hall–Kier alpha value is -3.29. The minimum absolute atomic E-state index is 0.207. The molecule has 4 rings (SSSR count). The first-order chi connectivity index (χ1) is 14.7. The predicted molar refractivity (Wildman–Crippen MR) is 109 cm³/mol. The molecule has 2 aliphatic rings. The minimum Gasteiger partial charge on any atom is -0.347 e. The third-order valence-corrected chi connectivity index (χ3v) is 5.89. The van der Waals surface area contributed by atoms with Crippen LogP contribution in [0.15, 0.2) is 42.5 Å². The highest BCUT2D eigenvalue weighted by molar-refractivity contribution is 6.09. The summed E-state index contributed by atoms with van der Waals surface area (Å²) in [5, 5.41) is 5.32. The molecule has 6 nitrogen and oxygen atoms in total. The van der Waals surface area contributed by atoms with Crippen LogP contribution < -0.4 is 10.6 Å². The van der Waals surface area contributed by atoms with E-state index in [2.05, 4.69) is 10.6 Å². The Morgan fingerprint density at radius 3 is 2.52 bits per heavy atom. The van der Waals surface area contributed by atoms with Crippen LogP contribution in [0.1, 0.15) is 42.5 Å². The Morgan fingerprint density at radius 2 is 1.87 bits per heavy atom. The van der Waals surface area contributed by atoms with Gasteiger partial charge in [-0.25, -0.2) is 13.6 Å². The highest BCUT2D eigenvalue weighted by Crippen LogP contribution is 2.41. The van der Waals surface area contributed by atoms with Crippen molar-refractivity contribution in [3.05, 3.63) is 70.8 Å². The molecule has 2 aromatic carbocycles. The molecule has 1 heterocycles. The number of benzene rings is 2. The van der Waals surface area contributed by atoms with Gasteiger partial charge in [-0.3, -0.25) is 14.5 Å². The smallest absolute Gasteiger partial charge is 0.325 e. The van der Waals surface area contributed by atoms with Gasteiger partial charge in [-0.1, -0.05) is 29.8 Å². The largest absolute Gasteiger partial charge is 0.347 e. The van der Waals surface area contributed by atoms with Crippen LogP contribution in [0.4, 0.5) is 13.6 Å². The summed E-state index contributed by atoms with van der Waals surface area (Å²) in [5.74, 6) is -2.56. The fraction of sp³-hybridized carbons (Fsp3) is 0.348. The van der Waals surface area contributed by atoms with Gasteiger partial charge in [0.1, 0.15) is 23.7 Å². The number of hydrogen-bond donors (Lipinski definition) is 2. The summed E-state index contributed by atoms with van der Waals surface area (Å²) in [7, 11) is 0. The van der Waals surface area contributed by atoms with E-state index >= 15 is 0 Å². The number of rotatable bonds is 6. The molecule has 31 heavy (non-hydrogen) atoms. The molecular weight excluding hydrogens is 404 g/mol. The molecule has 0 bridgehead atoms. The minimum atomic E-state index is -1.80. The van der Waals surface area contributed by atoms with Crippen molar-refractivity contribution < 1.29 is 23.2 Å². The maximum Gasteiger partial charge on any atom is 0.325 e. The summed E-state index contributed by atoms with van der Waals surface area (Å²) in [5.41, 5.74) is -0.0152. The Bertz CT molecular complexity index is 1050. The standard InChI is InChI=1S/C23H23F2N3O3/c1-13-3-5-14(6-4-13)20(15-7-8-15)26-19(29)12-28-21(30)23(2,27-22(28)31)17-11-16(24)9-10-18(17)25/h3-6,9-11,15,20H,7-8,12H2,1-2H3,(H,26,29)(H,27,31). The van der Waals surface area contributed by atoms with Gasteiger partial charge in [-0.2, -0.15) is 0 Å². The highest BCUT2D eigenvalue weighted by atomic mass is 19.1. The van der Waals surface area contributed by atoms with Gasteiger partial charge in [-0.15, -0.1) is 0 Å². The number of amides is 4. The topological polar surface area (TPSA) is 78.5 Å². The third kappa shape index (κ3) is 4.02. The summed E-state index contributed by atoms with van der Waals surface area (Å²) >= 11 is 0. The number of urea groups is 1. The summed E-state index contributed by atoms with van der Waals surface area (Å²) in [4.78, 5) is 38.9. The maximum atomic E-state index is 14.3. The van der Waals surface area contributed by atoms with E-state index in [4.69, 9.17) is 0 Å². The van der Waals surface area contributed by atoms with E-state index in [-0.39, 0.29) is 11.6 Å². The van der Waals surface area contributed by atoms with Crippen molar-refractivity contribution in [2.45, 2.75) is 38.3 Å². The Balaban J connectivity index is 1.50. The number of nitrogens with one attached hydrogen (secondary N) is 2. The van der Waals surface area contributed by atoms with Crippen molar-refractivity contribution in [3.63, 3.8) is 0 Å². The molecule has 2 atom stereocenters. The highest BCUT2D eigenvalue weighted by Gasteiger charge is 2.51. The van der Waals surface area contributed by atoms with Crippen LogP contribution in [0.2, 0.25) is 0 Å². The van der Waals surface area contributed by atoms with Crippen molar-refractivity contribution in [2.75, 3.05) is 6.54 Å². The van der Waals surface area contributed by atoms with Crippen LogP contribution in [-0.2, 0) is 15.1 Å². The molecule has 1 aliphatic heterocycles. The van der Waals surface area contributed by atoms with Gasteiger partial charge in [0.15, 0.2) is 0 Å². The summed E-state index contributed by atoms with van der Waals surface area (Å²) < 4.78 is 27.9. The van der Waals surface area contributed by atoms with Crippen LogP contribution in [0, 0.1) is 24.5 Å².